The third-order valence-corrected chi connectivity index (χ3v) is 4.45. The SMILES string of the molecule is C=C(C)CCCCCCCN(CCC)CCCCCCCC. The van der Waals surface area contributed by atoms with Crippen molar-refractivity contribution in [1.29, 1.82) is 0 Å². The van der Waals surface area contributed by atoms with Crippen molar-refractivity contribution in [3.05, 3.63) is 12.2 Å². The highest BCUT2D eigenvalue weighted by atomic mass is 15.1. The summed E-state index contributed by atoms with van der Waals surface area (Å²) in [6.07, 6.45) is 17.9. The van der Waals surface area contributed by atoms with Crippen molar-refractivity contribution in [1.82, 2.24) is 4.90 Å². The van der Waals surface area contributed by atoms with Crippen molar-refractivity contribution < 1.29 is 0 Å². The van der Waals surface area contributed by atoms with Crippen LogP contribution in [0.4, 0.5) is 0 Å². The number of allylic oxidation sites excluding steroid dienone is 1. The van der Waals surface area contributed by atoms with Gasteiger partial charge in [0, 0.05) is 0 Å². The summed E-state index contributed by atoms with van der Waals surface area (Å²) in [7, 11) is 0. The van der Waals surface area contributed by atoms with Crippen molar-refractivity contribution in [3.63, 3.8) is 0 Å². The molecule has 0 aromatic heterocycles. The summed E-state index contributed by atoms with van der Waals surface area (Å²) < 4.78 is 0. The predicted molar refractivity (Wildman–Crippen MR) is 103 cm³/mol. The molecule has 0 amide bonds. The van der Waals surface area contributed by atoms with Crippen LogP contribution >= 0.6 is 0 Å². The minimum Gasteiger partial charge on any atom is -0.303 e. The van der Waals surface area contributed by atoms with Gasteiger partial charge in [0.15, 0.2) is 0 Å². The number of hydrogen-bond donors (Lipinski definition) is 0. The number of nitrogens with zero attached hydrogens (tertiary/aromatic N) is 1. The molecule has 1 heteroatoms. The fourth-order valence-electron chi connectivity index (χ4n) is 3.06. The lowest BCUT2D eigenvalue weighted by Gasteiger charge is -2.21. The second-order valence-electron chi connectivity index (χ2n) is 7.08. The molecule has 1 nitrogen and oxygen atoms in total. The Morgan fingerprint density at radius 2 is 1.14 bits per heavy atom. The molecule has 22 heavy (non-hydrogen) atoms. The van der Waals surface area contributed by atoms with Crippen LogP contribution in [0.3, 0.4) is 0 Å². The Bertz CT molecular complexity index is 234. The lowest BCUT2D eigenvalue weighted by molar-refractivity contribution is 0.260. The largest absolute Gasteiger partial charge is 0.303 e. The Balaban J connectivity index is 3.49. The molecule has 0 N–H and O–H groups in total. The van der Waals surface area contributed by atoms with Crippen molar-refractivity contribution in [2.24, 2.45) is 0 Å². The molecule has 0 heterocycles. The average Bonchev–Trinajstić information content (AvgIpc) is 2.49. The summed E-state index contributed by atoms with van der Waals surface area (Å²) >= 11 is 0. The Morgan fingerprint density at radius 3 is 1.64 bits per heavy atom. The van der Waals surface area contributed by atoms with Crippen LogP contribution in [0.25, 0.3) is 0 Å². The molecule has 0 rings (SSSR count). The molecule has 0 atom stereocenters. The molecule has 0 radical (unpaired) electrons. The van der Waals surface area contributed by atoms with Crippen molar-refractivity contribution >= 4 is 0 Å². The van der Waals surface area contributed by atoms with Crippen molar-refractivity contribution in [2.75, 3.05) is 19.6 Å². The molecule has 0 aromatic rings. The van der Waals surface area contributed by atoms with E-state index in [1.54, 1.807) is 0 Å². The van der Waals surface area contributed by atoms with E-state index in [1.165, 1.54) is 109 Å². The first-order valence-electron chi connectivity index (χ1n) is 10.1. The Hall–Kier alpha value is -0.300. The van der Waals surface area contributed by atoms with Gasteiger partial charge in [-0.3, -0.25) is 0 Å². The number of hydrogen-bond acceptors (Lipinski definition) is 1. The van der Waals surface area contributed by atoms with Gasteiger partial charge in [-0.15, -0.1) is 6.58 Å². The summed E-state index contributed by atoms with van der Waals surface area (Å²) in [4.78, 5) is 2.70. The van der Waals surface area contributed by atoms with Crippen molar-refractivity contribution in [3.8, 4) is 0 Å². The molecule has 0 saturated carbocycles. The van der Waals surface area contributed by atoms with E-state index in [1.807, 2.05) is 0 Å². The van der Waals surface area contributed by atoms with E-state index < -0.39 is 0 Å². The number of rotatable bonds is 17. The van der Waals surface area contributed by atoms with Gasteiger partial charge in [0.1, 0.15) is 0 Å². The van der Waals surface area contributed by atoms with Crippen LogP contribution < -0.4 is 0 Å². The van der Waals surface area contributed by atoms with Gasteiger partial charge >= 0.3 is 0 Å². The smallest absolute Gasteiger partial charge is 0.00187 e. The normalized spacial score (nSPS) is 11.3. The monoisotopic (exact) mass is 309 g/mol. The maximum Gasteiger partial charge on any atom is -0.00187 e. The molecule has 0 unspecified atom stereocenters. The Labute approximate surface area is 141 Å². The van der Waals surface area contributed by atoms with Crippen LogP contribution in [-0.2, 0) is 0 Å². The van der Waals surface area contributed by atoms with E-state index in [0.29, 0.717) is 0 Å². The topological polar surface area (TPSA) is 3.24 Å². The molecule has 0 aromatic carbocycles. The standard InChI is InChI=1S/C21H43N/c1-5-7-8-9-12-15-19-22(18-6-2)20-16-13-10-11-14-17-21(3)4/h3,5-20H2,1-2,4H3. The zero-order valence-corrected chi connectivity index (χ0v) is 16.0. The highest BCUT2D eigenvalue weighted by Gasteiger charge is 2.03. The fourth-order valence-corrected chi connectivity index (χ4v) is 3.06. The van der Waals surface area contributed by atoms with E-state index >= 15 is 0 Å². The molecule has 0 saturated heterocycles. The zero-order valence-electron chi connectivity index (χ0n) is 16.0. The van der Waals surface area contributed by atoms with E-state index in [0.717, 1.165) is 0 Å². The van der Waals surface area contributed by atoms with E-state index in [-0.39, 0.29) is 0 Å². The van der Waals surface area contributed by atoms with Gasteiger partial charge < -0.3 is 4.90 Å². The van der Waals surface area contributed by atoms with Gasteiger partial charge in [0.25, 0.3) is 0 Å². The average molecular weight is 310 g/mol. The van der Waals surface area contributed by atoms with Crippen LogP contribution in [0.15, 0.2) is 12.2 Å². The van der Waals surface area contributed by atoms with E-state index in [2.05, 4.69) is 32.3 Å². The molecule has 0 aliphatic rings. The van der Waals surface area contributed by atoms with Gasteiger partial charge in [-0.1, -0.05) is 70.8 Å². The van der Waals surface area contributed by atoms with E-state index in [9.17, 15) is 0 Å². The lowest BCUT2D eigenvalue weighted by atomic mass is 10.1. The molecule has 0 aliphatic heterocycles. The van der Waals surface area contributed by atoms with Crippen LogP contribution in [-0.4, -0.2) is 24.5 Å². The maximum absolute atomic E-state index is 3.98. The second kappa shape index (κ2) is 17.1. The first kappa shape index (κ1) is 21.7. The Kier molecular flexibility index (Phi) is 16.8. The minimum absolute atomic E-state index is 1.22. The highest BCUT2D eigenvalue weighted by Crippen LogP contribution is 2.11. The van der Waals surface area contributed by atoms with E-state index in [4.69, 9.17) is 0 Å². The summed E-state index contributed by atoms with van der Waals surface area (Å²) in [5, 5.41) is 0. The molecule has 0 fully saturated rings. The summed E-state index contributed by atoms with van der Waals surface area (Å²) in [5.41, 5.74) is 1.34. The summed E-state index contributed by atoms with van der Waals surface area (Å²) in [6.45, 7) is 14.7. The van der Waals surface area contributed by atoms with Gasteiger partial charge in [0.05, 0.1) is 0 Å². The molecule has 0 bridgehead atoms. The highest BCUT2D eigenvalue weighted by molar-refractivity contribution is 4.86. The van der Waals surface area contributed by atoms with Crippen LogP contribution in [0.1, 0.15) is 104 Å². The third-order valence-electron chi connectivity index (χ3n) is 4.45. The van der Waals surface area contributed by atoms with Crippen LogP contribution in [0.5, 0.6) is 0 Å². The first-order chi connectivity index (χ1) is 10.7. The third kappa shape index (κ3) is 16.1. The molecular weight excluding hydrogens is 266 g/mol. The predicted octanol–water partition coefficient (Wildman–Crippen LogP) is 6.98. The van der Waals surface area contributed by atoms with Gasteiger partial charge in [-0.05, 0) is 58.7 Å². The first-order valence-corrected chi connectivity index (χ1v) is 10.1. The van der Waals surface area contributed by atoms with Crippen LogP contribution in [0.2, 0.25) is 0 Å². The molecule has 0 aliphatic carbocycles. The minimum atomic E-state index is 1.22. The van der Waals surface area contributed by atoms with Gasteiger partial charge in [-0.25, -0.2) is 0 Å². The lowest BCUT2D eigenvalue weighted by Crippen LogP contribution is -2.27. The summed E-state index contributed by atoms with van der Waals surface area (Å²) in [5.74, 6) is 0. The molecule has 0 spiro atoms. The van der Waals surface area contributed by atoms with Crippen molar-refractivity contribution in [2.45, 2.75) is 104 Å². The van der Waals surface area contributed by atoms with Crippen LogP contribution in [0, 0.1) is 0 Å². The Morgan fingerprint density at radius 1 is 0.636 bits per heavy atom. The second-order valence-corrected chi connectivity index (χ2v) is 7.08. The fraction of sp³-hybridized carbons (Fsp3) is 0.905. The number of unbranched alkanes of at least 4 members (excludes halogenated alkanes) is 9. The molecular formula is C21H43N. The zero-order chi connectivity index (χ0) is 16.5. The maximum atomic E-state index is 3.98. The summed E-state index contributed by atoms with van der Waals surface area (Å²) in [6, 6.07) is 0. The van der Waals surface area contributed by atoms with Gasteiger partial charge in [0.2, 0.25) is 0 Å². The molecule has 132 valence electrons. The quantitative estimate of drug-likeness (QED) is 0.207. The van der Waals surface area contributed by atoms with Gasteiger partial charge in [-0.2, -0.15) is 0 Å².